The largest absolute Gasteiger partial charge is 0.305 e. The van der Waals surface area contributed by atoms with Gasteiger partial charge in [-0.05, 0) is 19.1 Å². The van der Waals surface area contributed by atoms with Crippen LogP contribution in [0, 0.1) is 15.9 Å². The number of carbonyl (C=O) groups is 1. The number of nitrogens with zero attached hydrogens (tertiary/aromatic N) is 1. The molecule has 4 nitrogen and oxygen atoms in total. The highest BCUT2D eigenvalue weighted by Crippen LogP contribution is 2.27. The summed E-state index contributed by atoms with van der Waals surface area (Å²) in [5, 5.41) is 10.7. The van der Waals surface area contributed by atoms with Crippen LogP contribution in [0.2, 0.25) is 0 Å². The van der Waals surface area contributed by atoms with Crippen LogP contribution in [0.1, 0.15) is 22.8 Å². The highest BCUT2D eigenvalue weighted by Gasteiger charge is 2.17. The lowest BCUT2D eigenvalue weighted by molar-refractivity contribution is -0.387. The second-order valence-electron chi connectivity index (χ2n) is 4.38. The fourth-order valence-electron chi connectivity index (χ4n) is 1.77. The van der Waals surface area contributed by atoms with Crippen molar-refractivity contribution in [3.8, 4) is 0 Å². The van der Waals surface area contributed by atoms with E-state index in [1.165, 1.54) is 30.8 Å². The summed E-state index contributed by atoms with van der Waals surface area (Å²) in [5.41, 5.74) is 0.380. The SMILES string of the molecule is CC(=O)c1ccc(SCc2cccc([N+](=O)[O-])c2F)cc1. The van der Waals surface area contributed by atoms with Gasteiger partial charge in [0.1, 0.15) is 0 Å². The Morgan fingerprint density at radius 2 is 1.90 bits per heavy atom. The molecule has 2 aromatic carbocycles. The van der Waals surface area contributed by atoms with Crippen LogP contribution in [0.25, 0.3) is 0 Å². The minimum Gasteiger partial charge on any atom is -0.295 e. The van der Waals surface area contributed by atoms with Crippen LogP contribution < -0.4 is 0 Å². The molecule has 0 amide bonds. The van der Waals surface area contributed by atoms with Crippen LogP contribution in [-0.4, -0.2) is 10.7 Å². The zero-order valence-electron chi connectivity index (χ0n) is 11.2. The highest BCUT2D eigenvalue weighted by atomic mass is 32.2. The summed E-state index contributed by atoms with van der Waals surface area (Å²) in [6, 6.07) is 11.1. The van der Waals surface area contributed by atoms with Gasteiger partial charge in [-0.25, -0.2) is 0 Å². The van der Waals surface area contributed by atoms with Crippen LogP contribution >= 0.6 is 11.8 Å². The topological polar surface area (TPSA) is 60.2 Å². The predicted octanol–water partition coefficient (Wildman–Crippen LogP) is 4.23. The molecule has 0 N–H and O–H groups in total. The van der Waals surface area contributed by atoms with Gasteiger partial charge >= 0.3 is 5.69 Å². The average molecular weight is 305 g/mol. The minimum absolute atomic E-state index is 0.0173. The van der Waals surface area contributed by atoms with E-state index in [9.17, 15) is 19.3 Å². The van der Waals surface area contributed by atoms with E-state index >= 15 is 0 Å². The van der Waals surface area contributed by atoms with Crippen LogP contribution in [0.3, 0.4) is 0 Å². The summed E-state index contributed by atoms with van der Waals surface area (Å²) in [6.07, 6.45) is 0. The van der Waals surface area contributed by atoms with Crippen molar-refractivity contribution in [2.45, 2.75) is 17.6 Å². The predicted molar refractivity (Wildman–Crippen MR) is 79.1 cm³/mol. The smallest absolute Gasteiger partial charge is 0.295 e. The molecule has 0 heterocycles. The zero-order chi connectivity index (χ0) is 15.4. The quantitative estimate of drug-likeness (QED) is 0.359. The van der Waals surface area contributed by atoms with E-state index in [0.29, 0.717) is 5.56 Å². The van der Waals surface area contributed by atoms with E-state index in [2.05, 4.69) is 0 Å². The Morgan fingerprint density at radius 3 is 2.48 bits per heavy atom. The van der Waals surface area contributed by atoms with Crippen molar-refractivity contribution in [3.05, 3.63) is 69.5 Å². The number of halogens is 1. The van der Waals surface area contributed by atoms with Crippen molar-refractivity contribution < 1.29 is 14.1 Å². The maximum absolute atomic E-state index is 13.9. The van der Waals surface area contributed by atoms with Crippen molar-refractivity contribution >= 4 is 23.2 Å². The van der Waals surface area contributed by atoms with Crippen LogP contribution in [0.4, 0.5) is 10.1 Å². The molecule has 21 heavy (non-hydrogen) atoms. The number of thioether (sulfide) groups is 1. The summed E-state index contributed by atoms with van der Waals surface area (Å²) >= 11 is 1.35. The lowest BCUT2D eigenvalue weighted by Gasteiger charge is -2.04. The number of nitro benzene ring substituents is 1. The highest BCUT2D eigenvalue weighted by molar-refractivity contribution is 7.98. The van der Waals surface area contributed by atoms with E-state index in [-0.39, 0.29) is 17.1 Å². The third kappa shape index (κ3) is 3.66. The third-order valence-electron chi connectivity index (χ3n) is 2.91. The molecule has 0 aromatic heterocycles. The van der Waals surface area contributed by atoms with Gasteiger partial charge in [-0.2, -0.15) is 4.39 Å². The molecule has 0 aliphatic carbocycles. The number of Topliss-reactive ketones (excluding diaryl/α,β-unsaturated/α-hetero) is 1. The second kappa shape index (κ2) is 6.49. The van der Waals surface area contributed by atoms with E-state index in [1.807, 2.05) is 0 Å². The van der Waals surface area contributed by atoms with Gasteiger partial charge in [0.05, 0.1) is 4.92 Å². The Bertz CT molecular complexity index is 686. The molecule has 0 bridgehead atoms. The fourth-order valence-corrected chi connectivity index (χ4v) is 2.64. The summed E-state index contributed by atoms with van der Waals surface area (Å²) in [5.74, 6) is -0.529. The number of nitro groups is 1. The molecule has 0 aliphatic heterocycles. The number of hydrogen-bond acceptors (Lipinski definition) is 4. The molecular weight excluding hydrogens is 293 g/mol. The van der Waals surface area contributed by atoms with Crippen molar-refractivity contribution in [1.29, 1.82) is 0 Å². The normalized spacial score (nSPS) is 10.4. The number of carbonyl (C=O) groups excluding carboxylic acids is 1. The Balaban J connectivity index is 2.11. The van der Waals surface area contributed by atoms with Crippen molar-refractivity contribution in [2.24, 2.45) is 0 Å². The molecular formula is C15H12FNO3S. The molecule has 0 saturated carbocycles. The van der Waals surface area contributed by atoms with Gasteiger partial charge in [0.2, 0.25) is 5.82 Å². The molecule has 0 unspecified atom stereocenters. The Hall–Kier alpha value is -2.21. The molecule has 0 aliphatic rings. The monoisotopic (exact) mass is 305 g/mol. The number of hydrogen-bond donors (Lipinski definition) is 0. The molecule has 2 aromatic rings. The first-order valence-electron chi connectivity index (χ1n) is 6.14. The number of rotatable bonds is 5. The lowest BCUT2D eigenvalue weighted by Crippen LogP contribution is -1.96. The molecule has 0 spiro atoms. The fraction of sp³-hybridized carbons (Fsp3) is 0.133. The molecule has 108 valence electrons. The third-order valence-corrected chi connectivity index (χ3v) is 3.97. The molecule has 0 radical (unpaired) electrons. The Kier molecular flexibility index (Phi) is 4.70. The molecule has 0 fully saturated rings. The second-order valence-corrected chi connectivity index (χ2v) is 5.43. The molecule has 0 atom stereocenters. The first-order chi connectivity index (χ1) is 9.99. The van der Waals surface area contributed by atoms with Crippen LogP contribution in [0.5, 0.6) is 0 Å². The van der Waals surface area contributed by atoms with E-state index < -0.39 is 16.4 Å². The zero-order valence-corrected chi connectivity index (χ0v) is 12.0. The first kappa shape index (κ1) is 15.2. The van der Waals surface area contributed by atoms with Crippen molar-refractivity contribution in [1.82, 2.24) is 0 Å². The Morgan fingerprint density at radius 1 is 1.24 bits per heavy atom. The van der Waals surface area contributed by atoms with E-state index in [0.717, 1.165) is 11.0 Å². The van der Waals surface area contributed by atoms with Crippen molar-refractivity contribution in [2.75, 3.05) is 0 Å². The average Bonchev–Trinajstić information content (AvgIpc) is 2.46. The minimum atomic E-state index is -0.796. The Labute approximate surface area is 125 Å². The summed E-state index contributed by atoms with van der Waals surface area (Å²) in [6.45, 7) is 1.49. The molecule has 6 heteroatoms. The molecule has 0 saturated heterocycles. The maximum atomic E-state index is 13.9. The van der Waals surface area contributed by atoms with Crippen LogP contribution in [0.15, 0.2) is 47.4 Å². The lowest BCUT2D eigenvalue weighted by atomic mass is 10.2. The van der Waals surface area contributed by atoms with Crippen LogP contribution in [-0.2, 0) is 5.75 Å². The van der Waals surface area contributed by atoms with E-state index in [4.69, 9.17) is 0 Å². The van der Waals surface area contributed by atoms with Gasteiger partial charge in [0.25, 0.3) is 0 Å². The van der Waals surface area contributed by atoms with Gasteiger partial charge < -0.3 is 0 Å². The standard InChI is InChI=1S/C15H12FNO3S/c1-10(18)11-5-7-13(8-6-11)21-9-12-3-2-4-14(15(12)16)17(19)20/h2-8H,9H2,1H3. The van der Waals surface area contributed by atoms with Gasteiger partial charge in [-0.3, -0.25) is 14.9 Å². The summed E-state index contributed by atoms with van der Waals surface area (Å²) in [4.78, 5) is 22.0. The van der Waals surface area contributed by atoms with Gasteiger partial charge in [0, 0.05) is 27.8 Å². The maximum Gasteiger partial charge on any atom is 0.305 e. The van der Waals surface area contributed by atoms with Gasteiger partial charge in [-0.1, -0.05) is 24.3 Å². The number of benzene rings is 2. The molecule has 2 rings (SSSR count). The van der Waals surface area contributed by atoms with E-state index in [1.54, 1.807) is 24.3 Å². The van der Waals surface area contributed by atoms with Crippen molar-refractivity contribution in [3.63, 3.8) is 0 Å². The number of ketones is 1. The summed E-state index contributed by atoms with van der Waals surface area (Å²) in [7, 11) is 0. The summed E-state index contributed by atoms with van der Waals surface area (Å²) < 4.78 is 13.9. The van der Waals surface area contributed by atoms with Gasteiger partial charge in [0.15, 0.2) is 5.78 Å². The first-order valence-corrected chi connectivity index (χ1v) is 7.13. The van der Waals surface area contributed by atoms with Gasteiger partial charge in [-0.15, -0.1) is 11.8 Å².